The van der Waals surface area contributed by atoms with Crippen molar-refractivity contribution in [3.05, 3.63) is 53.6 Å². The Hall–Kier alpha value is -3.73. The van der Waals surface area contributed by atoms with Crippen LogP contribution in [0.1, 0.15) is 18.2 Å². The first-order valence-corrected chi connectivity index (χ1v) is 11.4. The summed E-state index contributed by atoms with van der Waals surface area (Å²) in [6, 6.07) is 7.79. The van der Waals surface area contributed by atoms with Crippen LogP contribution in [0.25, 0.3) is 0 Å². The minimum atomic E-state index is -0.562. The average Bonchev–Trinajstić information content (AvgIpc) is 2.83. The largest absolute Gasteiger partial charge is 0.448 e. The number of aryl methyl sites for hydroxylation is 1. The number of ether oxygens (including phenoxy) is 1. The number of nitrogens with one attached hydrogen (secondary N) is 2. The zero-order valence-electron chi connectivity index (χ0n) is 20.2. The Kier molecular flexibility index (Phi) is 8.96. The number of rotatable bonds is 7. The quantitative estimate of drug-likeness (QED) is 0.623. The van der Waals surface area contributed by atoms with E-state index in [2.05, 4.69) is 15.6 Å². The van der Waals surface area contributed by atoms with Gasteiger partial charge in [-0.2, -0.15) is 0 Å². The molecule has 2 aromatic rings. The van der Waals surface area contributed by atoms with Crippen molar-refractivity contribution in [2.75, 3.05) is 57.0 Å². The molecule has 0 radical (unpaired) electrons. The molecule has 188 valence electrons. The number of hydrogen-bond donors (Lipinski definition) is 2. The summed E-state index contributed by atoms with van der Waals surface area (Å²) in [5, 5.41) is 5.17. The molecule has 1 aromatic carbocycles. The lowest BCUT2D eigenvalue weighted by atomic mass is 10.1. The monoisotopic (exact) mass is 486 g/mol. The Morgan fingerprint density at radius 3 is 2.51 bits per heavy atom. The maximum Gasteiger partial charge on any atom is 0.409 e. The summed E-state index contributed by atoms with van der Waals surface area (Å²) in [6.45, 7) is 6.13. The fourth-order valence-electron chi connectivity index (χ4n) is 3.47. The predicted molar refractivity (Wildman–Crippen MR) is 130 cm³/mol. The van der Waals surface area contributed by atoms with Crippen molar-refractivity contribution in [1.82, 2.24) is 19.7 Å². The molecule has 1 saturated heterocycles. The predicted octanol–water partition coefficient (Wildman–Crippen LogP) is 2.91. The van der Waals surface area contributed by atoms with Gasteiger partial charge in [-0.1, -0.05) is 12.1 Å². The second kappa shape index (κ2) is 12.1. The lowest BCUT2D eigenvalue weighted by molar-refractivity contribution is -0.128. The molecule has 0 atom stereocenters. The van der Waals surface area contributed by atoms with Crippen molar-refractivity contribution in [1.29, 1.82) is 0 Å². The Balaban J connectivity index is 1.47. The average molecular weight is 487 g/mol. The van der Waals surface area contributed by atoms with E-state index in [1.807, 2.05) is 11.8 Å². The second-order valence-electron chi connectivity index (χ2n) is 8.36. The van der Waals surface area contributed by atoms with E-state index < -0.39 is 17.9 Å². The number of carbonyl (C=O) groups is 3. The fourth-order valence-corrected chi connectivity index (χ4v) is 3.47. The van der Waals surface area contributed by atoms with Crippen molar-refractivity contribution in [3.63, 3.8) is 0 Å². The van der Waals surface area contributed by atoms with Crippen LogP contribution in [0.15, 0.2) is 36.5 Å². The van der Waals surface area contributed by atoms with Crippen LogP contribution in [0, 0.1) is 12.7 Å². The first-order valence-electron chi connectivity index (χ1n) is 11.4. The molecule has 0 spiro atoms. The SMILES string of the molecule is CC(=O)N(C)CCOC(=O)N1CCN(Cc2cccc(NC(=O)Nc3ccc(C)nc3)c2F)CC1. The second-order valence-corrected chi connectivity index (χ2v) is 8.36. The summed E-state index contributed by atoms with van der Waals surface area (Å²) >= 11 is 0. The third kappa shape index (κ3) is 7.64. The van der Waals surface area contributed by atoms with Crippen molar-refractivity contribution in [2.45, 2.75) is 20.4 Å². The van der Waals surface area contributed by atoms with Gasteiger partial charge in [-0.05, 0) is 25.1 Å². The molecule has 1 aromatic heterocycles. The molecule has 0 aliphatic carbocycles. The fraction of sp³-hybridized carbons (Fsp3) is 0.417. The zero-order chi connectivity index (χ0) is 25.4. The third-order valence-corrected chi connectivity index (χ3v) is 5.71. The number of piperazine rings is 1. The number of amides is 4. The van der Waals surface area contributed by atoms with Gasteiger partial charge in [-0.15, -0.1) is 0 Å². The van der Waals surface area contributed by atoms with Gasteiger partial charge >= 0.3 is 12.1 Å². The van der Waals surface area contributed by atoms with E-state index in [1.54, 1.807) is 36.2 Å². The Morgan fingerprint density at radius 2 is 1.86 bits per heavy atom. The van der Waals surface area contributed by atoms with Gasteiger partial charge in [0, 0.05) is 58.0 Å². The summed E-state index contributed by atoms with van der Waals surface area (Å²) in [6.07, 6.45) is 1.11. The van der Waals surface area contributed by atoms with Gasteiger partial charge in [-0.3, -0.25) is 14.7 Å². The first kappa shape index (κ1) is 25.9. The van der Waals surface area contributed by atoms with Crippen molar-refractivity contribution < 1.29 is 23.5 Å². The number of halogens is 1. The minimum Gasteiger partial charge on any atom is -0.448 e. The summed E-state index contributed by atoms with van der Waals surface area (Å²) in [5.41, 5.74) is 1.86. The molecule has 35 heavy (non-hydrogen) atoms. The van der Waals surface area contributed by atoms with Crippen LogP contribution in [0.4, 0.5) is 25.4 Å². The molecule has 2 heterocycles. The molecule has 0 saturated carbocycles. The number of anilines is 2. The van der Waals surface area contributed by atoms with E-state index in [0.29, 0.717) is 50.5 Å². The number of aromatic nitrogens is 1. The van der Waals surface area contributed by atoms with E-state index >= 15 is 4.39 Å². The maximum absolute atomic E-state index is 15.1. The van der Waals surface area contributed by atoms with Gasteiger partial charge in [0.05, 0.1) is 24.1 Å². The lowest BCUT2D eigenvalue weighted by Crippen LogP contribution is -2.48. The first-order chi connectivity index (χ1) is 16.7. The van der Waals surface area contributed by atoms with Crippen LogP contribution in [0.3, 0.4) is 0 Å². The van der Waals surface area contributed by atoms with Crippen LogP contribution in [0.2, 0.25) is 0 Å². The Labute approximate surface area is 204 Å². The van der Waals surface area contributed by atoms with Gasteiger partial charge in [0.2, 0.25) is 5.91 Å². The van der Waals surface area contributed by atoms with Crippen LogP contribution in [-0.4, -0.2) is 84.1 Å². The van der Waals surface area contributed by atoms with Crippen LogP contribution in [0.5, 0.6) is 0 Å². The maximum atomic E-state index is 15.1. The number of urea groups is 1. The molecule has 1 aliphatic rings. The summed E-state index contributed by atoms with van der Waals surface area (Å²) in [4.78, 5) is 44.9. The topological polar surface area (TPSA) is 107 Å². The molecule has 1 aliphatic heterocycles. The molecule has 10 nitrogen and oxygen atoms in total. The highest BCUT2D eigenvalue weighted by Gasteiger charge is 2.23. The zero-order valence-corrected chi connectivity index (χ0v) is 20.2. The summed E-state index contributed by atoms with van der Waals surface area (Å²) < 4.78 is 20.3. The Morgan fingerprint density at radius 1 is 1.11 bits per heavy atom. The molecule has 11 heteroatoms. The number of pyridine rings is 1. The van der Waals surface area contributed by atoms with Gasteiger partial charge < -0.3 is 25.2 Å². The molecular weight excluding hydrogens is 455 g/mol. The number of carbonyl (C=O) groups excluding carboxylic acids is 3. The van der Waals surface area contributed by atoms with E-state index in [-0.39, 0.29) is 18.2 Å². The highest BCUT2D eigenvalue weighted by Crippen LogP contribution is 2.21. The van der Waals surface area contributed by atoms with Crippen LogP contribution in [-0.2, 0) is 16.1 Å². The number of benzene rings is 1. The highest BCUT2D eigenvalue weighted by molar-refractivity contribution is 5.99. The van der Waals surface area contributed by atoms with Gasteiger partial charge in [-0.25, -0.2) is 14.0 Å². The third-order valence-electron chi connectivity index (χ3n) is 5.71. The van der Waals surface area contributed by atoms with E-state index in [0.717, 1.165) is 5.69 Å². The molecule has 3 rings (SSSR count). The molecule has 0 bridgehead atoms. The Bertz CT molecular complexity index is 1040. The van der Waals surface area contributed by atoms with E-state index in [1.165, 1.54) is 24.1 Å². The van der Waals surface area contributed by atoms with Crippen LogP contribution >= 0.6 is 0 Å². The summed E-state index contributed by atoms with van der Waals surface area (Å²) in [7, 11) is 1.65. The number of nitrogens with zero attached hydrogens (tertiary/aromatic N) is 4. The minimum absolute atomic E-state index is 0.0813. The molecule has 0 unspecified atom stereocenters. The summed E-state index contributed by atoms with van der Waals surface area (Å²) in [5.74, 6) is -0.591. The van der Waals surface area contributed by atoms with Crippen molar-refractivity contribution in [2.24, 2.45) is 0 Å². The standard InChI is InChI=1S/C24H31FN6O4/c1-17-7-8-20(15-26-17)27-23(33)28-21-6-4-5-19(22(21)25)16-30-9-11-31(12-10-30)24(34)35-14-13-29(3)18(2)32/h4-8,15H,9-14,16H2,1-3H3,(H2,27,28,33). The van der Waals surface area contributed by atoms with Crippen LogP contribution < -0.4 is 10.6 Å². The molecule has 2 N–H and O–H groups in total. The molecule has 4 amide bonds. The highest BCUT2D eigenvalue weighted by atomic mass is 19.1. The van der Waals surface area contributed by atoms with Gasteiger partial charge in [0.25, 0.3) is 0 Å². The van der Waals surface area contributed by atoms with E-state index in [9.17, 15) is 14.4 Å². The van der Waals surface area contributed by atoms with Gasteiger partial charge in [0.1, 0.15) is 6.61 Å². The molecular formula is C24H31FN6O4. The normalized spacial score (nSPS) is 13.8. The molecule has 1 fully saturated rings. The number of hydrogen-bond acceptors (Lipinski definition) is 6. The van der Waals surface area contributed by atoms with Crippen molar-refractivity contribution >= 4 is 29.4 Å². The van der Waals surface area contributed by atoms with Gasteiger partial charge in [0.15, 0.2) is 5.82 Å². The van der Waals surface area contributed by atoms with E-state index in [4.69, 9.17) is 4.74 Å². The smallest absolute Gasteiger partial charge is 0.409 e. The lowest BCUT2D eigenvalue weighted by Gasteiger charge is -2.34. The van der Waals surface area contributed by atoms with Crippen molar-refractivity contribution in [3.8, 4) is 0 Å². The number of likely N-dealkylation sites (N-methyl/N-ethyl adjacent to an activating group) is 1.